The summed E-state index contributed by atoms with van der Waals surface area (Å²) in [4.78, 5) is 5.67. The first-order valence-electron chi connectivity index (χ1n) is 5.54. The maximum absolute atomic E-state index is 5.67. The van der Waals surface area contributed by atoms with Gasteiger partial charge in [-0.25, -0.2) is 0 Å². The van der Waals surface area contributed by atoms with Crippen LogP contribution in [0, 0.1) is 0 Å². The Balaban J connectivity index is 2.29. The van der Waals surface area contributed by atoms with Crippen LogP contribution >= 0.6 is 0 Å². The molecule has 1 aliphatic heterocycles. The summed E-state index contributed by atoms with van der Waals surface area (Å²) >= 11 is 0. The van der Waals surface area contributed by atoms with Gasteiger partial charge >= 0.3 is 0 Å². The van der Waals surface area contributed by atoms with Crippen molar-refractivity contribution >= 4 is 5.71 Å². The molecule has 2 nitrogen and oxygen atoms in total. The van der Waals surface area contributed by atoms with Gasteiger partial charge in [0.1, 0.15) is 0 Å². The predicted octanol–water partition coefficient (Wildman–Crippen LogP) is 3.48. The number of benzene rings is 1. The summed E-state index contributed by atoms with van der Waals surface area (Å²) in [6.07, 6.45) is 3.06. The Hall–Kier alpha value is -1.31. The molecule has 0 fully saturated rings. The molecular weight excluding hydrogens is 186 g/mol. The van der Waals surface area contributed by atoms with Gasteiger partial charge in [0.2, 0.25) is 0 Å². The highest BCUT2D eigenvalue weighted by Gasteiger charge is 2.38. The Labute approximate surface area is 90.9 Å². The van der Waals surface area contributed by atoms with Crippen LogP contribution in [-0.2, 0) is 10.4 Å². The summed E-state index contributed by atoms with van der Waals surface area (Å²) in [6.45, 7) is 4.21. The lowest BCUT2D eigenvalue weighted by atomic mass is 9.85. The van der Waals surface area contributed by atoms with E-state index < -0.39 is 0 Å². The van der Waals surface area contributed by atoms with E-state index in [1.54, 1.807) is 0 Å². The van der Waals surface area contributed by atoms with Crippen molar-refractivity contribution in [3.63, 3.8) is 0 Å². The average Bonchev–Trinajstić information content (AvgIpc) is 2.63. The molecule has 0 spiro atoms. The highest BCUT2D eigenvalue weighted by molar-refractivity contribution is 5.83. The van der Waals surface area contributed by atoms with Gasteiger partial charge in [0.25, 0.3) is 0 Å². The molecule has 0 amide bonds. The summed E-state index contributed by atoms with van der Waals surface area (Å²) in [5.41, 5.74) is 2.14. The van der Waals surface area contributed by atoms with Crippen molar-refractivity contribution in [1.29, 1.82) is 0 Å². The van der Waals surface area contributed by atoms with Crippen molar-refractivity contribution in [3.05, 3.63) is 35.9 Å². The summed E-state index contributed by atoms with van der Waals surface area (Å²) in [6, 6.07) is 10.4. The van der Waals surface area contributed by atoms with Crippen molar-refractivity contribution in [2.45, 2.75) is 38.7 Å². The van der Waals surface area contributed by atoms with Crippen LogP contribution in [-0.4, -0.2) is 5.71 Å². The standard InChI is InChI=1S/C13H17NO/c1-3-9-13(10-11(2)14-15-13)12-7-5-4-6-8-12/h4-8H,3,9-10H2,1-2H3/t13-/m1/s1. The Morgan fingerprint density at radius 3 is 2.60 bits per heavy atom. The molecule has 0 saturated carbocycles. The lowest BCUT2D eigenvalue weighted by molar-refractivity contribution is -0.0305. The molecule has 1 aromatic carbocycles. The Bertz CT molecular complexity index is 358. The van der Waals surface area contributed by atoms with Crippen LogP contribution < -0.4 is 0 Å². The average molecular weight is 203 g/mol. The maximum Gasteiger partial charge on any atom is 0.167 e. The van der Waals surface area contributed by atoms with E-state index in [0.29, 0.717) is 0 Å². The zero-order chi connectivity index (χ0) is 10.7. The van der Waals surface area contributed by atoms with E-state index in [1.807, 2.05) is 13.0 Å². The van der Waals surface area contributed by atoms with Crippen LogP contribution in [0.1, 0.15) is 38.7 Å². The van der Waals surface area contributed by atoms with Crippen LogP contribution in [0.25, 0.3) is 0 Å². The van der Waals surface area contributed by atoms with Crippen molar-refractivity contribution in [1.82, 2.24) is 0 Å². The molecule has 1 aliphatic rings. The van der Waals surface area contributed by atoms with Crippen LogP contribution in [0.5, 0.6) is 0 Å². The summed E-state index contributed by atoms with van der Waals surface area (Å²) < 4.78 is 0. The van der Waals surface area contributed by atoms with E-state index in [1.165, 1.54) is 5.56 Å². The van der Waals surface area contributed by atoms with E-state index in [-0.39, 0.29) is 5.60 Å². The molecule has 0 aromatic heterocycles. The molecule has 1 heterocycles. The van der Waals surface area contributed by atoms with Crippen molar-refractivity contribution in [2.75, 3.05) is 0 Å². The topological polar surface area (TPSA) is 21.6 Å². The Morgan fingerprint density at radius 2 is 2.07 bits per heavy atom. The van der Waals surface area contributed by atoms with Gasteiger partial charge in [0.05, 0.1) is 5.71 Å². The highest BCUT2D eigenvalue weighted by Crippen LogP contribution is 2.38. The summed E-state index contributed by atoms with van der Waals surface area (Å²) in [5.74, 6) is 0. The molecule has 0 bridgehead atoms. The van der Waals surface area contributed by atoms with Crippen LogP contribution in [0.3, 0.4) is 0 Å². The molecule has 15 heavy (non-hydrogen) atoms. The molecule has 2 rings (SSSR count). The minimum Gasteiger partial charge on any atom is -0.384 e. The number of hydrogen-bond acceptors (Lipinski definition) is 2. The fraction of sp³-hybridized carbons (Fsp3) is 0.462. The van der Waals surface area contributed by atoms with Gasteiger partial charge in [-0.3, -0.25) is 0 Å². The fourth-order valence-electron chi connectivity index (χ4n) is 2.22. The second-order valence-corrected chi connectivity index (χ2v) is 4.20. The lowest BCUT2D eigenvalue weighted by Gasteiger charge is -2.26. The second kappa shape index (κ2) is 4.05. The Kier molecular flexibility index (Phi) is 2.76. The van der Waals surface area contributed by atoms with Crippen LogP contribution in [0.15, 0.2) is 35.5 Å². The smallest absolute Gasteiger partial charge is 0.167 e. The molecule has 0 unspecified atom stereocenters. The first-order chi connectivity index (χ1) is 7.27. The zero-order valence-corrected chi connectivity index (χ0v) is 9.36. The number of oxime groups is 1. The fourth-order valence-corrected chi connectivity index (χ4v) is 2.22. The lowest BCUT2D eigenvalue weighted by Crippen LogP contribution is -2.25. The van der Waals surface area contributed by atoms with Gasteiger partial charge in [0, 0.05) is 6.42 Å². The van der Waals surface area contributed by atoms with Crippen molar-refractivity contribution < 1.29 is 4.84 Å². The third-order valence-corrected chi connectivity index (χ3v) is 2.87. The maximum atomic E-state index is 5.67. The van der Waals surface area contributed by atoms with E-state index in [2.05, 4.69) is 36.3 Å². The van der Waals surface area contributed by atoms with E-state index in [9.17, 15) is 0 Å². The molecule has 1 atom stereocenters. The molecule has 1 aromatic rings. The monoisotopic (exact) mass is 203 g/mol. The quantitative estimate of drug-likeness (QED) is 0.737. The third-order valence-electron chi connectivity index (χ3n) is 2.87. The first kappa shape index (κ1) is 10.2. The molecule has 80 valence electrons. The largest absolute Gasteiger partial charge is 0.384 e. The second-order valence-electron chi connectivity index (χ2n) is 4.20. The number of rotatable bonds is 3. The third kappa shape index (κ3) is 1.89. The van der Waals surface area contributed by atoms with Crippen molar-refractivity contribution in [2.24, 2.45) is 5.16 Å². The zero-order valence-electron chi connectivity index (χ0n) is 9.36. The molecular formula is C13H17NO. The number of nitrogens with zero attached hydrogens (tertiary/aromatic N) is 1. The predicted molar refractivity (Wildman–Crippen MR) is 61.8 cm³/mol. The Morgan fingerprint density at radius 1 is 1.33 bits per heavy atom. The molecule has 0 aliphatic carbocycles. The van der Waals surface area contributed by atoms with Gasteiger partial charge in [-0.15, -0.1) is 0 Å². The van der Waals surface area contributed by atoms with Gasteiger partial charge in [-0.05, 0) is 18.9 Å². The van der Waals surface area contributed by atoms with E-state index in [4.69, 9.17) is 4.84 Å². The minimum atomic E-state index is -0.194. The van der Waals surface area contributed by atoms with E-state index in [0.717, 1.165) is 25.0 Å². The van der Waals surface area contributed by atoms with Gasteiger partial charge in [0.15, 0.2) is 5.60 Å². The number of hydrogen-bond donors (Lipinski definition) is 0. The molecule has 2 heteroatoms. The van der Waals surface area contributed by atoms with Gasteiger partial charge in [-0.1, -0.05) is 48.8 Å². The molecule has 0 N–H and O–H groups in total. The van der Waals surface area contributed by atoms with Crippen LogP contribution in [0.4, 0.5) is 0 Å². The summed E-state index contributed by atoms with van der Waals surface area (Å²) in [5, 5.41) is 4.10. The highest BCUT2D eigenvalue weighted by atomic mass is 16.7. The summed E-state index contributed by atoms with van der Waals surface area (Å²) in [7, 11) is 0. The molecule has 0 radical (unpaired) electrons. The molecule has 0 saturated heterocycles. The van der Waals surface area contributed by atoms with E-state index >= 15 is 0 Å². The van der Waals surface area contributed by atoms with Crippen LogP contribution in [0.2, 0.25) is 0 Å². The minimum absolute atomic E-state index is 0.194. The first-order valence-corrected chi connectivity index (χ1v) is 5.54. The normalized spacial score (nSPS) is 24.8. The van der Waals surface area contributed by atoms with Gasteiger partial charge < -0.3 is 4.84 Å². The van der Waals surface area contributed by atoms with Crippen molar-refractivity contribution in [3.8, 4) is 0 Å². The van der Waals surface area contributed by atoms with Gasteiger partial charge in [-0.2, -0.15) is 0 Å². The SMILES string of the molecule is CCC[C@]1(c2ccccc2)CC(C)=NO1.